The average molecular weight is 518 g/mol. The summed E-state index contributed by atoms with van der Waals surface area (Å²) in [6, 6.07) is 12.8. The molecule has 1 heterocycles. The summed E-state index contributed by atoms with van der Waals surface area (Å²) in [6.07, 6.45) is 5.29. The second-order valence-electron chi connectivity index (χ2n) is 9.34. The first-order valence-corrected chi connectivity index (χ1v) is 13.1. The summed E-state index contributed by atoms with van der Waals surface area (Å²) < 4.78 is 5.21. The van der Waals surface area contributed by atoms with E-state index in [4.69, 9.17) is 27.9 Å². The van der Waals surface area contributed by atoms with Gasteiger partial charge in [0.2, 0.25) is 5.91 Å². The summed E-state index contributed by atoms with van der Waals surface area (Å²) in [7, 11) is 1.65. The molecule has 1 saturated carbocycles. The fraction of sp³-hybridized carbons (Fsp3) is 0.481. The Labute approximate surface area is 217 Å². The molecule has 0 spiro atoms. The lowest BCUT2D eigenvalue weighted by molar-refractivity contribution is -0.129. The number of benzene rings is 2. The van der Waals surface area contributed by atoms with Crippen LogP contribution >= 0.6 is 23.2 Å². The van der Waals surface area contributed by atoms with E-state index in [0.29, 0.717) is 54.3 Å². The van der Waals surface area contributed by atoms with Crippen molar-refractivity contribution in [2.75, 3.05) is 39.8 Å². The minimum absolute atomic E-state index is 0.0513. The molecule has 2 fully saturated rings. The number of halogens is 2. The van der Waals surface area contributed by atoms with Crippen molar-refractivity contribution < 1.29 is 14.3 Å². The maximum Gasteiger partial charge on any atom is 0.253 e. The van der Waals surface area contributed by atoms with Gasteiger partial charge in [0.1, 0.15) is 5.75 Å². The van der Waals surface area contributed by atoms with Gasteiger partial charge in [-0.2, -0.15) is 0 Å². The SMILES string of the molecule is COc1ccc(CCNC(=O)[C@@H](C2CCCC2)N2CCN(C(=O)c3ccc(Cl)c(Cl)c3)CC2)cc1. The normalized spacial score (nSPS) is 17.9. The minimum atomic E-state index is -0.143. The van der Waals surface area contributed by atoms with E-state index in [-0.39, 0.29) is 17.9 Å². The smallest absolute Gasteiger partial charge is 0.253 e. The van der Waals surface area contributed by atoms with Crippen LogP contribution in [0.2, 0.25) is 10.0 Å². The number of ether oxygens (including phenoxy) is 1. The lowest BCUT2D eigenvalue weighted by Gasteiger charge is -2.40. The molecule has 4 rings (SSSR count). The van der Waals surface area contributed by atoms with Crippen molar-refractivity contribution in [2.24, 2.45) is 5.92 Å². The Bertz CT molecular complexity index is 1020. The van der Waals surface area contributed by atoms with Crippen LogP contribution in [-0.4, -0.2) is 67.5 Å². The van der Waals surface area contributed by atoms with Crippen molar-refractivity contribution in [2.45, 2.75) is 38.1 Å². The van der Waals surface area contributed by atoms with E-state index in [9.17, 15) is 9.59 Å². The number of methoxy groups -OCH3 is 1. The molecule has 1 aliphatic carbocycles. The van der Waals surface area contributed by atoms with Gasteiger partial charge < -0.3 is 15.0 Å². The van der Waals surface area contributed by atoms with Crippen LogP contribution in [0.4, 0.5) is 0 Å². The van der Waals surface area contributed by atoms with Gasteiger partial charge in [0.25, 0.3) is 5.91 Å². The number of nitrogens with zero attached hydrogens (tertiary/aromatic N) is 2. The molecule has 2 amide bonds. The molecule has 2 aromatic rings. The predicted octanol–water partition coefficient (Wildman–Crippen LogP) is 4.68. The van der Waals surface area contributed by atoms with Gasteiger partial charge in [-0.15, -0.1) is 0 Å². The van der Waals surface area contributed by atoms with Gasteiger partial charge in [0, 0.05) is 38.3 Å². The standard InChI is InChI=1S/C27H33Cl2N3O3/c1-35-22-9-6-19(7-10-22)12-13-30-26(33)25(20-4-2-3-5-20)31-14-16-32(17-15-31)27(34)21-8-11-23(28)24(29)18-21/h6-11,18,20,25H,2-5,12-17H2,1H3,(H,30,33)/t25-/m1/s1. The van der Waals surface area contributed by atoms with Crippen molar-refractivity contribution in [3.63, 3.8) is 0 Å². The summed E-state index contributed by atoms with van der Waals surface area (Å²) in [5.74, 6) is 1.25. The van der Waals surface area contributed by atoms with Crippen LogP contribution in [0, 0.1) is 5.92 Å². The largest absolute Gasteiger partial charge is 0.497 e. The number of hydrogen-bond acceptors (Lipinski definition) is 4. The number of carbonyl (C=O) groups is 2. The van der Waals surface area contributed by atoms with Crippen LogP contribution in [0.15, 0.2) is 42.5 Å². The maximum atomic E-state index is 13.3. The van der Waals surface area contributed by atoms with E-state index in [1.54, 1.807) is 25.3 Å². The zero-order valence-corrected chi connectivity index (χ0v) is 21.7. The third-order valence-corrected chi connectivity index (χ3v) is 7.89. The van der Waals surface area contributed by atoms with Gasteiger partial charge in [-0.05, 0) is 61.1 Å². The number of piperazine rings is 1. The average Bonchev–Trinajstić information content (AvgIpc) is 3.40. The van der Waals surface area contributed by atoms with Crippen LogP contribution in [-0.2, 0) is 11.2 Å². The zero-order chi connectivity index (χ0) is 24.8. The molecule has 188 valence electrons. The lowest BCUT2D eigenvalue weighted by Crippen LogP contribution is -2.58. The Morgan fingerprint density at radius 2 is 1.69 bits per heavy atom. The first-order chi connectivity index (χ1) is 17.0. The summed E-state index contributed by atoms with van der Waals surface area (Å²) >= 11 is 12.1. The van der Waals surface area contributed by atoms with Gasteiger partial charge in [-0.3, -0.25) is 14.5 Å². The monoisotopic (exact) mass is 517 g/mol. The maximum absolute atomic E-state index is 13.3. The van der Waals surface area contributed by atoms with Crippen LogP contribution < -0.4 is 10.1 Å². The molecule has 2 aliphatic rings. The Kier molecular flexibility index (Phi) is 8.93. The summed E-state index contributed by atoms with van der Waals surface area (Å²) in [6.45, 7) is 3.13. The molecular weight excluding hydrogens is 485 g/mol. The van der Waals surface area contributed by atoms with Crippen molar-refractivity contribution in [1.29, 1.82) is 0 Å². The lowest BCUT2D eigenvalue weighted by atomic mass is 9.94. The summed E-state index contributed by atoms with van der Waals surface area (Å²) in [5.41, 5.74) is 1.70. The van der Waals surface area contributed by atoms with Crippen molar-refractivity contribution in [3.05, 3.63) is 63.6 Å². The molecule has 1 saturated heterocycles. The highest BCUT2D eigenvalue weighted by Gasteiger charge is 2.37. The van der Waals surface area contributed by atoms with Crippen molar-refractivity contribution in [1.82, 2.24) is 15.1 Å². The van der Waals surface area contributed by atoms with Crippen molar-refractivity contribution in [3.8, 4) is 5.75 Å². The highest BCUT2D eigenvalue weighted by Crippen LogP contribution is 2.31. The third-order valence-electron chi connectivity index (χ3n) is 7.15. The van der Waals surface area contributed by atoms with E-state index in [2.05, 4.69) is 10.2 Å². The van der Waals surface area contributed by atoms with Gasteiger partial charge >= 0.3 is 0 Å². The van der Waals surface area contributed by atoms with Gasteiger partial charge in [-0.25, -0.2) is 0 Å². The Hall–Kier alpha value is -2.28. The molecule has 0 radical (unpaired) electrons. The number of nitrogens with one attached hydrogen (secondary N) is 1. The van der Waals surface area contributed by atoms with E-state index in [1.807, 2.05) is 29.2 Å². The van der Waals surface area contributed by atoms with Crippen LogP contribution in [0.25, 0.3) is 0 Å². The predicted molar refractivity (Wildman–Crippen MR) is 139 cm³/mol. The van der Waals surface area contributed by atoms with Gasteiger partial charge in [0.15, 0.2) is 0 Å². The number of rotatable bonds is 8. The van der Waals surface area contributed by atoms with Crippen LogP contribution in [0.3, 0.4) is 0 Å². The summed E-state index contributed by atoms with van der Waals surface area (Å²) in [5, 5.41) is 4.00. The van der Waals surface area contributed by atoms with E-state index in [0.717, 1.165) is 30.6 Å². The molecule has 1 N–H and O–H groups in total. The fourth-order valence-electron chi connectivity index (χ4n) is 5.19. The molecule has 0 unspecified atom stereocenters. The first kappa shape index (κ1) is 25.8. The van der Waals surface area contributed by atoms with E-state index in [1.165, 1.54) is 12.8 Å². The molecule has 1 atom stereocenters. The molecule has 6 nitrogen and oxygen atoms in total. The molecule has 0 bridgehead atoms. The van der Waals surface area contributed by atoms with E-state index >= 15 is 0 Å². The third kappa shape index (κ3) is 6.49. The van der Waals surface area contributed by atoms with Crippen LogP contribution in [0.5, 0.6) is 5.75 Å². The molecule has 1 aliphatic heterocycles. The highest BCUT2D eigenvalue weighted by molar-refractivity contribution is 6.42. The molecule has 8 heteroatoms. The molecular formula is C27H33Cl2N3O3. The number of carbonyl (C=O) groups excluding carboxylic acids is 2. The fourth-order valence-corrected chi connectivity index (χ4v) is 5.49. The first-order valence-electron chi connectivity index (χ1n) is 12.4. The molecule has 35 heavy (non-hydrogen) atoms. The quantitative estimate of drug-likeness (QED) is 0.552. The molecule has 0 aromatic heterocycles. The summed E-state index contributed by atoms with van der Waals surface area (Å²) in [4.78, 5) is 30.4. The second kappa shape index (κ2) is 12.1. The topological polar surface area (TPSA) is 61.9 Å². The van der Waals surface area contributed by atoms with Crippen molar-refractivity contribution >= 4 is 35.0 Å². The highest BCUT2D eigenvalue weighted by atomic mass is 35.5. The Balaban J connectivity index is 1.34. The Morgan fingerprint density at radius 1 is 1.00 bits per heavy atom. The van der Waals surface area contributed by atoms with E-state index < -0.39 is 0 Å². The number of amides is 2. The minimum Gasteiger partial charge on any atom is -0.497 e. The Morgan fingerprint density at radius 3 is 2.31 bits per heavy atom. The second-order valence-corrected chi connectivity index (χ2v) is 10.1. The van der Waals surface area contributed by atoms with Crippen LogP contribution in [0.1, 0.15) is 41.6 Å². The van der Waals surface area contributed by atoms with Gasteiger partial charge in [0.05, 0.1) is 23.2 Å². The van der Waals surface area contributed by atoms with Gasteiger partial charge in [-0.1, -0.05) is 48.2 Å². The zero-order valence-electron chi connectivity index (χ0n) is 20.1. The number of hydrogen-bond donors (Lipinski definition) is 1. The molecule has 2 aromatic carbocycles.